The van der Waals surface area contributed by atoms with Crippen molar-refractivity contribution in [3.05, 3.63) is 107 Å². The van der Waals surface area contributed by atoms with Crippen LogP contribution in [0.5, 0.6) is 0 Å². The second-order valence-corrected chi connectivity index (χ2v) is 8.02. The monoisotopic (exact) mass is 443 g/mol. The maximum Gasteiger partial charge on any atom is 0.408 e. The summed E-state index contributed by atoms with van der Waals surface area (Å²) in [5.41, 5.74) is 2.40. The van der Waals surface area contributed by atoms with Gasteiger partial charge in [-0.25, -0.2) is 9.59 Å². The smallest absolute Gasteiger partial charge is 0.408 e. The number of hydrogen-bond acceptors (Lipinski definition) is 5. The van der Waals surface area contributed by atoms with E-state index in [2.05, 4.69) is 5.32 Å². The highest BCUT2D eigenvalue weighted by atomic mass is 16.6. The molecule has 0 aromatic heterocycles. The van der Waals surface area contributed by atoms with Crippen LogP contribution in [-0.4, -0.2) is 30.0 Å². The molecule has 0 bridgehead atoms. The molecule has 4 rings (SSSR count). The van der Waals surface area contributed by atoms with Crippen LogP contribution in [0.15, 0.2) is 78.9 Å². The summed E-state index contributed by atoms with van der Waals surface area (Å²) < 4.78 is 10.6. The molecule has 168 valence electrons. The van der Waals surface area contributed by atoms with Crippen molar-refractivity contribution in [3.8, 4) is 0 Å². The number of ketones is 1. The fourth-order valence-corrected chi connectivity index (χ4v) is 4.08. The van der Waals surface area contributed by atoms with Gasteiger partial charge in [0.1, 0.15) is 12.1 Å². The summed E-state index contributed by atoms with van der Waals surface area (Å²) in [7, 11) is 0. The van der Waals surface area contributed by atoms with Gasteiger partial charge in [-0.2, -0.15) is 0 Å². The second-order valence-electron chi connectivity index (χ2n) is 8.02. The van der Waals surface area contributed by atoms with E-state index < -0.39 is 17.6 Å². The summed E-state index contributed by atoms with van der Waals surface area (Å²) in [4.78, 5) is 38.4. The minimum absolute atomic E-state index is 0.0915. The maximum atomic E-state index is 12.9. The molecule has 0 aliphatic heterocycles. The summed E-state index contributed by atoms with van der Waals surface area (Å²) in [5.74, 6) is -0.615. The number of alkyl carbamates (subject to hydrolysis) is 1. The fourth-order valence-electron chi connectivity index (χ4n) is 4.08. The lowest BCUT2D eigenvalue weighted by Crippen LogP contribution is -2.56. The number of rotatable bonds is 7. The van der Waals surface area contributed by atoms with Gasteiger partial charge in [0.15, 0.2) is 5.78 Å². The molecule has 1 atom stereocenters. The highest BCUT2D eigenvalue weighted by Crippen LogP contribution is 2.33. The van der Waals surface area contributed by atoms with Crippen molar-refractivity contribution in [2.75, 3.05) is 6.61 Å². The first-order valence-electron chi connectivity index (χ1n) is 10.9. The maximum absolute atomic E-state index is 12.9. The highest BCUT2D eigenvalue weighted by molar-refractivity contribution is 6.09. The van der Waals surface area contributed by atoms with Gasteiger partial charge >= 0.3 is 12.1 Å². The first kappa shape index (κ1) is 22.3. The Labute approximate surface area is 192 Å². The van der Waals surface area contributed by atoms with Crippen LogP contribution in [-0.2, 0) is 33.7 Å². The van der Waals surface area contributed by atoms with Crippen molar-refractivity contribution in [1.82, 2.24) is 5.32 Å². The van der Waals surface area contributed by atoms with Crippen LogP contribution in [0.3, 0.4) is 0 Å². The Bertz CT molecular complexity index is 1160. The lowest BCUT2D eigenvalue weighted by Gasteiger charge is -2.27. The molecule has 0 spiro atoms. The average molecular weight is 443 g/mol. The number of fused-ring (bicyclic) bond motifs is 1. The molecule has 3 aromatic carbocycles. The predicted molar refractivity (Wildman–Crippen MR) is 123 cm³/mol. The van der Waals surface area contributed by atoms with Crippen molar-refractivity contribution >= 4 is 17.8 Å². The first-order chi connectivity index (χ1) is 16.0. The molecule has 1 amide bonds. The standard InChI is InChI=1S/C27H25NO5/c1-2-32-25(30)27(28-26(31)33-18-19-9-5-3-6-10-19)16-22-14-13-21(15-23(22)17-27)24(29)20-11-7-4-8-12-20/h3-15H,2,16-18H2,1H3,(H,28,31)/t27-/m1/s1. The quantitative estimate of drug-likeness (QED) is 0.436. The Morgan fingerprint density at radius 3 is 2.18 bits per heavy atom. The Balaban J connectivity index is 1.53. The fraction of sp³-hybridized carbons (Fsp3) is 0.222. The molecule has 6 heteroatoms. The number of hydrogen-bond donors (Lipinski definition) is 1. The zero-order valence-corrected chi connectivity index (χ0v) is 18.4. The highest BCUT2D eigenvalue weighted by Gasteiger charge is 2.47. The number of amides is 1. The number of esters is 1. The molecular formula is C27H25NO5. The largest absolute Gasteiger partial charge is 0.464 e. The topological polar surface area (TPSA) is 81.7 Å². The van der Waals surface area contributed by atoms with Gasteiger partial charge in [0.2, 0.25) is 0 Å². The van der Waals surface area contributed by atoms with Crippen molar-refractivity contribution in [3.63, 3.8) is 0 Å². The van der Waals surface area contributed by atoms with Gasteiger partial charge in [-0.05, 0) is 29.7 Å². The van der Waals surface area contributed by atoms with Crippen LogP contribution in [0.4, 0.5) is 4.79 Å². The van der Waals surface area contributed by atoms with Crippen LogP contribution in [0.25, 0.3) is 0 Å². The summed E-state index contributed by atoms with van der Waals surface area (Å²) in [6, 6.07) is 23.7. The molecule has 0 radical (unpaired) electrons. The molecule has 0 saturated carbocycles. The van der Waals surface area contributed by atoms with E-state index in [4.69, 9.17) is 9.47 Å². The van der Waals surface area contributed by atoms with E-state index >= 15 is 0 Å². The summed E-state index contributed by atoms with van der Waals surface area (Å²) in [5, 5.41) is 2.75. The molecule has 0 heterocycles. The second kappa shape index (κ2) is 9.69. The van der Waals surface area contributed by atoms with Crippen molar-refractivity contribution in [1.29, 1.82) is 0 Å². The molecular weight excluding hydrogens is 418 g/mol. The number of carbonyl (C=O) groups is 3. The van der Waals surface area contributed by atoms with Crippen LogP contribution < -0.4 is 5.32 Å². The molecule has 0 saturated heterocycles. The molecule has 1 N–H and O–H groups in total. The molecule has 0 unspecified atom stereocenters. The summed E-state index contributed by atoms with van der Waals surface area (Å²) in [6.45, 7) is 2.00. The zero-order chi connectivity index (χ0) is 23.3. The minimum Gasteiger partial charge on any atom is -0.464 e. The Hall–Kier alpha value is -3.93. The number of carbonyl (C=O) groups excluding carboxylic acids is 3. The van der Waals surface area contributed by atoms with E-state index in [0.29, 0.717) is 11.1 Å². The van der Waals surface area contributed by atoms with Crippen molar-refractivity contribution in [2.45, 2.75) is 31.9 Å². The normalized spacial score (nSPS) is 16.5. The van der Waals surface area contributed by atoms with Crippen LogP contribution in [0, 0.1) is 0 Å². The van der Waals surface area contributed by atoms with E-state index in [1.807, 2.05) is 54.6 Å². The third-order valence-electron chi connectivity index (χ3n) is 5.71. The number of ether oxygens (including phenoxy) is 2. The molecule has 0 fully saturated rings. The lowest BCUT2D eigenvalue weighted by molar-refractivity contribution is -0.150. The minimum atomic E-state index is -1.28. The number of nitrogens with one attached hydrogen (secondary N) is 1. The number of benzene rings is 3. The van der Waals surface area contributed by atoms with Crippen molar-refractivity contribution < 1.29 is 23.9 Å². The SMILES string of the molecule is CCOC(=O)[C@@]1(NC(=O)OCc2ccccc2)Cc2ccc(C(=O)c3ccccc3)cc2C1. The zero-order valence-electron chi connectivity index (χ0n) is 18.4. The van der Waals surface area contributed by atoms with Gasteiger partial charge in [0, 0.05) is 24.0 Å². The summed E-state index contributed by atoms with van der Waals surface area (Å²) in [6.07, 6.45) is -0.209. The third kappa shape index (κ3) is 4.95. The van der Waals surface area contributed by atoms with Crippen LogP contribution in [0.2, 0.25) is 0 Å². The van der Waals surface area contributed by atoms with Crippen molar-refractivity contribution in [2.24, 2.45) is 0 Å². The summed E-state index contributed by atoms with van der Waals surface area (Å²) >= 11 is 0. The van der Waals surface area contributed by atoms with Crippen LogP contribution in [0.1, 0.15) is 39.5 Å². The molecule has 6 nitrogen and oxygen atoms in total. The van der Waals surface area contributed by atoms with Gasteiger partial charge in [0.05, 0.1) is 6.61 Å². The van der Waals surface area contributed by atoms with E-state index in [-0.39, 0.29) is 31.8 Å². The van der Waals surface area contributed by atoms with Crippen LogP contribution >= 0.6 is 0 Å². The van der Waals surface area contributed by atoms with E-state index in [1.165, 1.54) is 0 Å². The molecule has 1 aliphatic rings. The van der Waals surface area contributed by atoms with Gasteiger partial charge in [-0.15, -0.1) is 0 Å². The Kier molecular flexibility index (Phi) is 6.54. The van der Waals surface area contributed by atoms with Gasteiger partial charge in [0.25, 0.3) is 0 Å². The predicted octanol–water partition coefficient (Wildman–Crippen LogP) is 4.24. The third-order valence-corrected chi connectivity index (χ3v) is 5.71. The van der Waals surface area contributed by atoms with E-state index in [9.17, 15) is 14.4 Å². The average Bonchev–Trinajstić information content (AvgIpc) is 3.22. The molecule has 33 heavy (non-hydrogen) atoms. The molecule has 1 aliphatic carbocycles. The van der Waals surface area contributed by atoms with E-state index in [0.717, 1.165) is 16.7 Å². The van der Waals surface area contributed by atoms with Gasteiger partial charge in [-0.3, -0.25) is 4.79 Å². The molecule has 3 aromatic rings. The Morgan fingerprint density at radius 2 is 1.48 bits per heavy atom. The first-order valence-corrected chi connectivity index (χ1v) is 10.9. The Morgan fingerprint density at radius 1 is 0.818 bits per heavy atom. The van der Waals surface area contributed by atoms with Gasteiger partial charge in [-0.1, -0.05) is 72.8 Å². The lowest BCUT2D eigenvalue weighted by atomic mass is 9.96. The van der Waals surface area contributed by atoms with E-state index in [1.54, 1.807) is 31.2 Å². The van der Waals surface area contributed by atoms with Gasteiger partial charge < -0.3 is 14.8 Å².